The molecule has 2 nitrogen and oxygen atoms in total. The molecule has 1 aromatic heterocycles. The van der Waals surface area contributed by atoms with Gasteiger partial charge in [0, 0.05) is 11.5 Å². The third kappa shape index (κ3) is 1.46. The van der Waals surface area contributed by atoms with Crippen molar-refractivity contribution in [2.75, 3.05) is 0 Å². The van der Waals surface area contributed by atoms with Gasteiger partial charge >= 0.3 is 5.97 Å². The summed E-state index contributed by atoms with van der Waals surface area (Å²) in [6, 6.07) is 1.39. The van der Waals surface area contributed by atoms with Crippen LogP contribution in [0.15, 0.2) is 12.1 Å². The van der Waals surface area contributed by atoms with E-state index in [0.717, 1.165) is 6.07 Å². The lowest BCUT2D eigenvalue weighted by Gasteiger charge is -1.95. The van der Waals surface area contributed by atoms with Gasteiger partial charge in [-0.15, -0.1) is 11.3 Å². The van der Waals surface area contributed by atoms with E-state index in [1.165, 1.54) is 0 Å². The molecule has 0 radical (unpaired) electrons. The number of thiophene rings is 1. The number of carboxylic acid groups (broad SMARTS) is 1. The molecule has 0 atom stereocenters. The van der Waals surface area contributed by atoms with Gasteiger partial charge < -0.3 is 5.11 Å². The van der Waals surface area contributed by atoms with Gasteiger partial charge in [0.25, 0.3) is 0 Å². The summed E-state index contributed by atoms with van der Waals surface area (Å²) in [5.74, 6) is -4.80. The van der Waals surface area contributed by atoms with E-state index in [1.54, 1.807) is 0 Å². The first-order chi connectivity index (χ1) is 7.00. The van der Waals surface area contributed by atoms with E-state index in [9.17, 15) is 18.0 Å². The number of carbonyl (C=O) groups is 1. The molecule has 0 fully saturated rings. The summed E-state index contributed by atoms with van der Waals surface area (Å²) < 4.78 is 38.7. The fourth-order valence-electron chi connectivity index (χ4n) is 1.20. The maximum Gasteiger partial charge on any atom is 0.345 e. The molecule has 0 bridgehead atoms. The van der Waals surface area contributed by atoms with Crippen LogP contribution in [0.5, 0.6) is 0 Å². The van der Waals surface area contributed by atoms with E-state index in [-0.39, 0.29) is 15.0 Å². The van der Waals surface area contributed by atoms with Gasteiger partial charge in [0.1, 0.15) is 10.7 Å². The number of benzene rings is 1. The van der Waals surface area contributed by atoms with Crippen molar-refractivity contribution in [1.29, 1.82) is 0 Å². The zero-order valence-corrected chi connectivity index (χ0v) is 7.87. The Morgan fingerprint density at radius 2 is 1.87 bits per heavy atom. The standard InChI is InChI=1S/C9H3F3O2S/c10-4-2-5(11)7(12)8-3(4)1-6(15-8)9(13)14/h1-2H,(H,13,14). The minimum absolute atomic E-state index is 0.212. The number of halogens is 3. The van der Waals surface area contributed by atoms with Crippen molar-refractivity contribution in [3.63, 3.8) is 0 Å². The number of hydrogen-bond acceptors (Lipinski definition) is 2. The largest absolute Gasteiger partial charge is 0.477 e. The summed E-state index contributed by atoms with van der Waals surface area (Å²) in [6.45, 7) is 0. The zero-order chi connectivity index (χ0) is 11.2. The van der Waals surface area contributed by atoms with Gasteiger partial charge in [0.2, 0.25) is 0 Å². The van der Waals surface area contributed by atoms with Crippen LogP contribution in [0.25, 0.3) is 10.1 Å². The van der Waals surface area contributed by atoms with E-state index in [4.69, 9.17) is 5.11 Å². The van der Waals surface area contributed by atoms with Gasteiger partial charge in [-0.2, -0.15) is 0 Å². The minimum atomic E-state index is -1.32. The Bertz CT molecular complexity index is 562. The van der Waals surface area contributed by atoms with Crippen LogP contribution in [0, 0.1) is 17.5 Å². The van der Waals surface area contributed by atoms with E-state index >= 15 is 0 Å². The lowest BCUT2D eigenvalue weighted by molar-refractivity contribution is 0.0702. The average Bonchev–Trinajstić information content (AvgIpc) is 2.59. The Kier molecular flexibility index (Phi) is 2.15. The van der Waals surface area contributed by atoms with Crippen LogP contribution in [0.1, 0.15) is 9.67 Å². The fourth-order valence-corrected chi connectivity index (χ4v) is 2.14. The predicted octanol–water partition coefficient (Wildman–Crippen LogP) is 3.02. The normalized spacial score (nSPS) is 10.9. The molecule has 0 aliphatic carbocycles. The molecule has 0 unspecified atom stereocenters. The molecule has 1 N–H and O–H groups in total. The van der Waals surface area contributed by atoms with Crippen molar-refractivity contribution in [3.05, 3.63) is 34.5 Å². The summed E-state index contributed by atoms with van der Waals surface area (Å²) in [6.07, 6.45) is 0. The number of carboxylic acids is 1. The molecule has 2 rings (SSSR count). The lowest BCUT2D eigenvalue weighted by atomic mass is 10.2. The van der Waals surface area contributed by atoms with E-state index in [0.29, 0.717) is 17.4 Å². The second-order valence-corrected chi connectivity index (χ2v) is 3.86. The quantitative estimate of drug-likeness (QED) is 0.767. The predicted molar refractivity (Wildman–Crippen MR) is 48.7 cm³/mol. The average molecular weight is 232 g/mol. The second kappa shape index (κ2) is 3.23. The second-order valence-electron chi connectivity index (χ2n) is 2.81. The van der Waals surface area contributed by atoms with Crippen LogP contribution < -0.4 is 0 Å². The van der Waals surface area contributed by atoms with Gasteiger partial charge in [-0.25, -0.2) is 18.0 Å². The van der Waals surface area contributed by atoms with Crippen LogP contribution in [0.2, 0.25) is 0 Å². The Hall–Kier alpha value is -1.56. The minimum Gasteiger partial charge on any atom is -0.477 e. The molecule has 2 aromatic rings. The number of fused-ring (bicyclic) bond motifs is 1. The highest BCUT2D eigenvalue weighted by atomic mass is 32.1. The van der Waals surface area contributed by atoms with E-state index < -0.39 is 23.4 Å². The van der Waals surface area contributed by atoms with Crippen LogP contribution in [0.4, 0.5) is 13.2 Å². The van der Waals surface area contributed by atoms with Crippen molar-refractivity contribution in [2.24, 2.45) is 0 Å². The topological polar surface area (TPSA) is 37.3 Å². The van der Waals surface area contributed by atoms with Crippen molar-refractivity contribution in [3.8, 4) is 0 Å². The molecule has 0 aliphatic heterocycles. The third-order valence-corrected chi connectivity index (χ3v) is 2.98. The lowest BCUT2D eigenvalue weighted by Crippen LogP contribution is -1.89. The Morgan fingerprint density at radius 3 is 2.47 bits per heavy atom. The molecule has 0 saturated heterocycles. The highest BCUT2D eigenvalue weighted by molar-refractivity contribution is 7.20. The number of hydrogen-bond donors (Lipinski definition) is 1. The first-order valence-electron chi connectivity index (χ1n) is 3.81. The van der Waals surface area contributed by atoms with Crippen LogP contribution in [-0.4, -0.2) is 11.1 Å². The monoisotopic (exact) mass is 232 g/mol. The molecular formula is C9H3F3O2S. The van der Waals surface area contributed by atoms with Crippen molar-refractivity contribution in [2.45, 2.75) is 0 Å². The SMILES string of the molecule is O=C(O)c1cc2c(F)cc(F)c(F)c2s1. The van der Waals surface area contributed by atoms with Crippen LogP contribution >= 0.6 is 11.3 Å². The number of aromatic carboxylic acids is 1. The van der Waals surface area contributed by atoms with Crippen molar-refractivity contribution >= 4 is 27.4 Å². The molecular weight excluding hydrogens is 229 g/mol. The number of rotatable bonds is 1. The molecule has 1 aromatic carbocycles. The molecule has 1 heterocycles. The van der Waals surface area contributed by atoms with Crippen LogP contribution in [0.3, 0.4) is 0 Å². The molecule has 6 heteroatoms. The van der Waals surface area contributed by atoms with Gasteiger partial charge in [-0.1, -0.05) is 0 Å². The van der Waals surface area contributed by atoms with Gasteiger partial charge in [-0.05, 0) is 6.07 Å². The molecule has 78 valence electrons. The summed E-state index contributed by atoms with van der Waals surface area (Å²) >= 11 is 0.506. The van der Waals surface area contributed by atoms with Gasteiger partial charge in [0.15, 0.2) is 11.6 Å². The molecule has 0 amide bonds. The maximum atomic E-state index is 13.1. The fraction of sp³-hybridized carbons (Fsp3) is 0. The third-order valence-electron chi connectivity index (χ3n) is 1.86. The Labute approximate surface area is 85.6 Å². The zero-order valence-electron chi connectivity index (χ0n) is 7.05. The molecule has 0 aliphatic rings. The first-order valence-corrected chi connectivity index (χ1v) is 4.62. The van der Waals surface area contributed by atoms with Gasteiger partial charge in [0.05, 0.1) is 4.70 Å². The van der Waals surface area contributed by atoms with E-state index in [1.807, 2.05) is 0 Å². The summed E-state index contributed by atoms with van der Waals surface area (Å²) in [4.78, 5) is 10.3. The van der Waals surface area contributed by atoms with Crippen LogP contribution in [-0.2, 0) is 0 Å². The maximum absolute atomic E-state index is 13.1. The summed E-state index contributed by atoms with van der Waals surface area (Å²) in [5, 5.41) is 8.40. The molecule has 0 saturated carbocycles. The highest BCUT2D eigenvalue weighted by Gasteiger charge is 2.17. The Balaban J connectivity index is 2.85. The highest BCUT2D eigenvalue weighted by Crippen LogP contribution is 2.31. The smallest absolute Gasteiger partial charge is 0.345 e. The van der Waals surface area contributed by atoms with Crippen molar-refractivity contribution in [1.82, 2.24) is 0 Å². The first kappa shape index (κ1) is 9.97. The van der Waals surface area contributed by atoms with Crippen molar-refractivity contribution < 1.29 is 23.1 Å². The molecule has 0 spiro atoms. The van der Waals surface area contributed by atoms with E-state index in [2.05, 4.69) is 0 Å². The molecule has 15 heavy (non-hydrogen) atoms. The summed E-state index contributed by atoms with van der Waals surface area (Å²) in [7, 11) is 0. The Morgan fingerprint density at radius 1 is 1.20 bits per heavy atom. The summed E-state index contributed by atoms with van der Waals surface area (Å²) in [5.41, 5.74) is 0. The van der Waals surface area contributed by atoms with Gasteiger partial charge in [-0.3, -0.25) is 0 Å².